The van der Waals surface area contributed by atoms with E-state index in [0.717, 1.165) is 37.9 Å². The van der Waals surface area contributed by atoms with E-state index in [1.54, 1.807) is 0 Å². The summed E-state index contributed by atoms with van der Waals surface area (Å²) < 4.78 is 5.43. The van der Waals surface area contributed by atoms with Gasteiger partial charge in [0.1, 0.15) is 0 Å². The van der Waals surface area contributed by atoms with Crippen LogP contribution in [0.15, 0.2) is 47.4 Å². The van der Waals surface area contributed by atoms with E-state index >= 15 is 0 Å². The van der Waals surface area contributed by atoms with Crippen molar-refractivity contribution in [2.75, 3.05) is 42.0 Å². The average molecular weight is 297 g/mol. The maximum atomic E-state index is 5.43. The summed E-state index contributed by atoms with van der Waals surface area (Å²) in [6.07, 6.45) is 0. The largest absolute Gasteiger partial charge is 0.378 e. The summed E-state index contributed by atoms with van der Waals surface area (Å²) in [4.78, 5) is 6.07. The molecule has 2 aromatic rings. The molecule has 1 saturated heterocycles. The molecule has 0 N–H and O–H groups in total. The van der Waals surface area contributed by atoms with Gasteiger partial charge in [0.25, 0.3) is 0 Å². The molecule has 21 heavy (non-hydrogen) atoms. The van der Waals surface area contributed by atoms with Gasteiger partial charge in [0.15, 0.2) is 0 Å². The molecule has 2 heterocycles. The van der Waals surface area contributed by atoms with E-state index in [9.17, 15) is 0 Å². The van der Waals surface area contributed by atoms with Gasteiger partial charge >= 0.3 is 0 Å². The number of morpholine rings is 1. The monoisotopic (exact) mass is 297 g/mol. The number of anilines is 3. The van der Waals surface area contributed by atoms with Gasteiger partial charge in [-0.2, -0.15) is 0 Å². The van der Waals surface area contributed by atoms with Crippen LogP contribution in [-0.2, 0) is 4.74 Å². The fraction of sp³-hybridized carbons (Fsp3) is 0.294. The third kappa shape index (κ3) is 2.49. The third-order valence-electron chi connectivity index (χ3n) is 3.94. The Hall–Kier alpha value is -1.65. The predicted octanol–water partition coefficient (Wildman–Crippen LogP) is 3.52. The van der Waals surface area contributed by atoms with Crippen LogP contribution in [0.1, 0.15) is 0 Å². The van der Waals surface area contributed by atoms with E-state index in [1.807, 2.05) is 17.8 Å². The standard InChI is InChI=1S/C17H17N2OS/c1-2-7-17-16(6-1)19(13-21-17)15-5-3-4-14(12-15)18-8-10-20-11-9-18/h1-4,6-7,12H,8-11,13H2. The van der Waals surface area contributed by atoms with Crippen molar-refractivity contribution in [3.63, 3.8) is 0 Å². The van der Waals surface area contributed by atoms with Crippen molar-refractivity contribution in [2.45, 2.75) is 4.90 Å². The topological polar surface area (TPSA) is 15.7 Å². The molecule has 2 aliphatic rings. The van der Waals surface area contributed by atoms with Gasteiger partial charge < -0.3 is 14.5 Å². The third-order valence-corrected chi connectivity index (χ3v) is 4.99. The van der Waals surface area contributed by atoms with Crippen molar-refractivity contribution < 1.29 is 4.74 Å². The van der Waals surface area contributed by atoms with Crippen molar-refractivity contribution in [1.29, 1.82) is 0 Å². The van der Waals surface area contributed by atoms with Crippen LogP contribution in [0.2, 0.25) is 0 Å². The quantitative estimate of drug-likeness (QED) is 0.842. The number of hydrogen-bond donors (Lipinski definition) is 0. The Morgan fingerprint density at radius 3 is 2.86 bits per heavy atom. The van der Waals surface area contributed by atoms with Gasteiger partial charge in [0.2, 0.25) is 0 Å². The van der Waals surface area contributed by atoms with Gasteiger partial charge in [-0.25, -0.2) is 0 Å². The summed E-state index contributed by atoms with van der Waals surface area (Å²) in [6, 6.07) is 18.4. The van der Waals surface area contributed by atoms with Gasteiger partial charge in [-0.1, -0.05) is 18.2 Å². The molecule has 107 valence electrons. The summed E-state index contributed by atoms with van der Waals surface area (Å²) >= 11 is 1.88. The molecule has 0 atom stereocenters. The van der Waals surface area contributed by atoms with Gasteiger partial charge in [-0.3, -0.25) is 0 Å². The molecule has 0 amide bonds. The predicted molar refractivity (Wildman–Crippen MR) is 87.6 cm³/mol. The number of nitrogens with zero attached hydrogens (tertiary/aromatic N) is 2. The Kier molecular flexibility index (Phi) is 3.49. The minimum atomic E-state index is 0.816. The highest BCUT2D eigenvalue weighted by molar-refractivity contribution is 7.99. The molecule has 0 aromatic heterocycles. The van der Waals surface area contributed by atoms with Crippen LogP contribution in [0.25, 0.3) is 0 Å². The van der Waals surface area contributed by atoms with Gasteiger partial charge in [-0.05, 0) is 24.3 Å². The normalized spacial score (nSPS) is 17.9. The second-order valence-electron chi connectivity index (χ2n) is 5.20. The van der Waals surface area contributed by atoms with Crippen LogP contribution >= 0.6 is 11.8 Å². The molecule has 0 unspecified atom stereocenters. The van der Waals surface area contributed by atoms with Crippen LogP contribution in [0.4, 0.5) is 17.1 Å². The SMILES string of the molecule is [c]1ccc(N2CCOCC2)cc1N1CSc2ccccc21. The maximum absolute atomic E-state index is 5.43. The number of rotatable bonds is 2. The van der Waals surface area contributed by atoms with Crippen molar-refractivity contribution in [2.24, 2.45) is 0 Å². The zero-order chi connectivity index (χ0) is 14.1. The van der Waals surface area contributed by atoms with Crippen molar-refractivity contribution in [3.8, 4) is 0 Å². The molecule has 1 fully saturated rings. The first-order chi connectivity index (χ1) is 10.4. The summed E-state index contributed by atoms with van der Waals surface area (Å²) in [6.45, 7) is 3.57. The Morgan fingerprint density at radius 2 is 1.95 bits per heavy atom. The molecule has 0 saturated carbocycles. The molecule has 2 aliphatic heterocycles. The fourth-order valence-corrected chi connectivity index (χ4v) is 3.87. The lowest BCUT2D eigenvalue weighted by Crippen LogP contribution is -2.36. The molecule has 4 rings (SSSR count). The number of ether oxygens (including phenoxy) is 1. The molecule has 4 heteroatoms. The second kappa shape index (κ2) is 5.62. The van der Waals surface area contributed by atoms with Crippen LogP contribution in [0, 0.1) is 6.07 Å². The lowest BCUT2D eigenvalue weighted by atomic mass is 10.2. The van der Waals surface area contributed by atoms with Crippen LogP contribution in [0.5, 0.6) is 0 Å². The number of para-hydroxylation sites is 1. The van der Waals surface area contributed by atoms with E-state index in [1.165, 1.54) is 16.3 Å². The number of thioether (sulfide) groups is 1. The molecule has 1 radical (unpaired) electrons. The zero-order valence-corrected chi connectivity index (χ0v) is 12.6. The molecule has 0 bridgehead atoms. The highest BCUT2D eigenvalue weighted by Crippen LogP contribution is 2.42. The van der Waals surface area contributed by atoms with Crippen LogP contribution in [-0.4, -0.2) is 32.2 Å². The van der Waals surface area contributed by atoms with E-state index < -0.39 is 0 Å². The minimum Gasteiger partial charge on any atom is -0.378 e. The fourth-order valence-electron chi connectivity index (χ4n) is 2.82. The zero-order valence-electron chi connectivity index (χ0n) is 11.8. The first-order valence-corrected chi connectivity index (χ1v) is 8.24. The van der Waals surface area contributed by atoms with E-state index in [0.29, 0.717) is 0 Å². The van der Waals surface area contributed by atoms with Crippen LogP contribution in [0.3, 0.4) is 0 Å². The number of fused-ring (bicyclic) bond motifs is 1. The van der Waals surface area contributed by atoms with E-state index in [-0.39, 0.29) is 0 Å². The molecular weight excluding hydrogens is 280 g/mol. The molecule has 0 aliphatic carbocycles. The second-order valence-corrected chi connectivity index (χ2v) is 6.19. The molecular formula is C17H17N2OS. The van der Waals surface area contributed by atoms with Gasteiger partial charge in [-0.15, -0.1) is 11.8 Å². The van der Waals surface area contributed by atoms with Gasteiger partial charge in [0.05, 0.1) is 30.5 Å². The lowest BCUT2D eigenvalue weighted by molar-refractivity contribution is 0.122. The Balaban J connectivity index is 1.64. The molecule has 3 nitrogen and oxygen atoms in total. The Bertz CT molecular complexity index is 640. The minimum absolute atomic E-state index is 0.816. The summed E-state index contributed by atoms with van der Waals surface area (Å²) in [5, 5.41) is 0. The maximum Gasteiger partial charge on any atom is 0.0736 e. The molecule has 0 spiro atoms. The van der Waals surface area contributed by atoms with Gasteiger partial charge in [0, 0.05) is 29.7 Å². The van der Waals surface area contributed by atoms with Crippen LogP contribution < -0.4 is 9.80 Å². The molecule has 2 aromatic carbocycles. The van der Waals surface area contributed by atoms with Crippen molar-refractivity contribution in [3.05, 3.63) is 48.5 Å². The smallest absolute Gasteiger partial charge is 0.0736 e. The highest BCUT2D eigenvalue weighted by Gasteiger charge is 2.21. The Morgan fingerprint density at radius 1 is 1.10 bits per heavy atom. The summed E-state index contributed by atoms with van der Waals surface area (Å²) in [7, 11) is 0. The summed E-state index contributed by atoms with van der Waals surface area (Å²) in [5.41, 5.74) is 3.70. The summed E-state index contributed by atoms with van der Waals surface area (Å²) in [5.74, 6) is 0.961. The van der Waals surface area contributed by atoms with Crippen molar-refractivity contribution in [1.82, 2.24) is 0 Å². The average Bonchev–Trinajstić information content (AvgIpc) is 3.00. The van der Waals surface area contributed by atoms with E-state index in [4.69, 9.17) is 4.74 Å². The van der Waals surface area contributed by atoms with Crippen molar-refractivity contribution >= 4 is 28.8 Å². The Labute approximate surface area is 129 Å². The highest BCUT2D eigenvalue weighted by atomic mass is 32.2. The first-order valence-electron chi connectivity index (χ1n) is 7.26. The van der Waals surface area contributed by atoms with E-state index in [2.05, 4.69) is 52.3 Å². The first kappa shape index (κ1) is 13.0. The number of hydrogen-bond acceptors (Lipinski definition) is 4. The number of benzene rings is 2. The lowest BCUT2D eigenvalue weighted by Gasteiger charge is -2.30.